The third-order valence-electron chi connectivity index (χ3n) is 4.31. The summed E-state index contributed by atoms with van der Waals surface area (Å²) in [5.74, 6) is 8.57. The SMILES string of the molecule is C=COc1ccc(C#Cc2ccc(-c3ccc(OC=C)cc3)c(OC=C)c2OC=C)cc1. The number of ether oxygens (including phenoxy) is 4. The summed E-state index contributed by atoms with van der Waals surface area (Å²) in [4.78, 5) is 0. The van der Waals surface area contributed by atoms with Crippen molar-refractivity contribution in [2.45, 2.75) is 0 Å². The van der Waals surface area contributed by atoms with Gasteiger partial charge in [0.25, 0.3) is 0 Å². The zero-order valence-electron chi connectivity index (χ0n) is 17.5. The molecule has 158 valence electrons. The van der Waals surface area contributed by atoms with Crippen molar-refractivity contribution in [1.82, 2.24) is 0 Å². The number of benzene rings is 3. The topological polar surface area (TPSA) is 36.9 Å². The highest BCUT2D eigenvalue weighted by Gasteiger charge is 2.16. The van der Waals surface area contributed by atoms with Gasteiger partial charge >= 0.3 is 0 Å². The van der Waals surface area contributed by atoms with Crippen LogP contribution in [0.4, 0.5) is 0 Å². The molecule has 0 aliphatic heterocycles. The van der Waals surface area contributed by atoms with Gasteiger partial charge in [0.15, 0.2) is 11.5 Å². The highest BCUT2D eigenvalue weighted by atomic mass is 16.5. The number of rotatable bonds is 9. The summed E-state index contributed by atoms with van der Waals surface area (Å²) in [6.07, 6.45) is 5.44. The van der Waals surface area contributed by atoms with Crippen LogP contribution in [-0.4, -0.2) is 0 Å². The summed E-state index contributed by atoms with van der Waals surface area (Å²) in [6.45, 7) is 14.5. The van der Waals surface area contributed by atoms with Crippen molar-refractivity contribution in [2.24, 2.45) is 0 Å². The Kier molecular flexibility index (Phi) is 7.56. The van der Waals surface area contributed by atoms with E-state index < -0.39 is 0 Å². The molecule has 0 aliphatic carbocycles. The van der Waals surface area contributed by atoms with Crippen LogP contribution in [0.1, 0.15) is 11.1 Å². The fourth-order valence-corrected chi connectivity index (χ4v) is 2.95. The second kappa shape index (κ2) is 11.0. The lowest BCUT2D eigenvalue weighted by Crippen LogP contribution is -1.95. The molecule has 3 rings (SSSR count). The molecule has 0 radical (unpaired) electrons. The largest absolute Gasteiger partial charge is 0.466 e. The third-order valence-corrected chi connectivity index (χ3v) is 4.31. The highest BCUT2D eigenvalue weighted by molar-refractivity contribution is 5.77. The second-order valence-corrected chi connectivity index (χ2v) is 6.26. The summed E-state index contributed by atoms with van der Waals surface area (Å²) >= 11 is 0. The summed E-state index contributed by atoms with van der Waals surface area (Å²) in [7, 11) is 0. The van der Waals surface area contributed by atoms with Gasteiger partial charge in [0.2, 0.25) is 0 Å². The molecular formula is C28H22O4. The maximum atomic E-state index is 5.74. The molecule has 0 amide bonds. The predicted molar refractivity (Wildman–Crippen MR) is 128 cm³/mol. The lowest BCUT2D eigenvalue weighted by Gasteiger charge is -2.15. The van der Waals surface area contributed by atoms with E-state index in [1.165, 1.54) is 25.0 Å². The van der Waals surface area contributed by atoms with Gasteiger partial charge in [0.05, 0.1) is 30.6 Å². The molecule has 0 aromatic heterocycles. The van der Waals surface area contributed by atoms with Crippen molar-refractivity contribution in [2.75, 3.05) is 0 Å². The minimum Gasteiger partial charge on any atom is -0.466 e. The zero-order chi connectivity index (χ0) is 22.8. The van der Waals surface area contributed by atoms with Crippen LogP contribution in [0.5, 0.6) is 23.0 Å². The summed E-state index contributed by atoms with van der Waals surface area (Å²) < 4.78 is 22.0. The first-order chi connectivity index (χ1) is 15.7. The highest BCUT2D eigenvalue weighted by Crippen LogP contribution is 2.41. The number of hydrogen-bond donors (Lipinski definition) is 0. The maximum absolute atomic E-state index is 5.74. The molecular weight excluding hydrogens is 400 g/mol. The van der Waals surface area contributed by atoms with Gasteiger partial charge in [0.1, 0.15) is 11.5 Å². The van der Waals surface area contributed by atoms with Crippen molar-refractivity contribution in [3.63, 3.8) is 0 Å². The van der Waals surface area contributed by atoms with Crippen LogP contribution in [0, 0.1) is 11.8 Å². The van der Waals surface area contributed by atoms with E-state index in [9.17, 15) is 0 Å². The van der Waals surface area contributed by atoms with Gasteiger partial charge in [-0.2, -0.15) is 0 Å². The minimum atomic E-state index is 0.447. The molecule has 0 aliphatic rings. The normalized spacial score (nSPS) is 9.50. The molecule has 4 nitrogen and oxygen atoms in total. The molecule has 0 atom stereocenters. The molecule has 4 heteroatoms. The minimum absolute atomic E-state index is 0.447. The van der Waals surface area contributed by atoms with Crippen molar-refractivity contribution in [3.05, 3.63) is 123 Å². The molecule has 3 aromatic rings. The average Bonchev–Trinajstić information content (AvgIpc) is 2.81. The lowest BCUT2D eigenvalue weighted by molar-refractivity contribution is 0.419. The van der Waals surface area contributed by atoms with Crippen LogP contribution in [0.2, 0.25) is 0 Å². The van der Waals surface area contributed by atoms with Crippen molar-refractivity contribution in [3.8, 4) is 46.0 Å². The second-order valence-electron chi connectivity index (χ2n) is 6.26. The molecule has 32 heavy (non-hydrogen) atoms. The number of hydrogen-bond acceptors (Lipinski definition) is 4. The van der Waals surface area contributed by atoms with Crippen LogP contribution in [0.15, 0.2) is 112 Å². The Hall–Kier alpha value is -4.62. The standard InChI is InChI=1S/C28H22O4/c1-5-29-24-16-10-21(11-17-24)9-12-23-15-20-26(28(32-8-4)27(23)31-7-3)22-13-18-25(19-14-22)30-6-2/h5-8,10-11,13-20H,1-4H2. The molecule has 0 fully saturated rings. The van der Waals surface area contributed by atoms with E-state index in [1.54, 1.807) is 0 Å². The van der Waals surface area contributed by atoms with Gasteiger partial charge in [0, 0.05) is 11.1 Å². The van der Waals surface area contributed by atoms with Crippen LogP contribution < -0.4 is 18.9 Å². The first-order valence-electron chi connectivity index (χ1n) is 9.70. The van der Waals surface area contributed by atoms with E-state index >= 15 is 0 Å². The van der Waals surface area contributed by atoms with Crippen molar-refractivity contribution in [1.29, 1.82) is 0 Å². The molecule has 0 saturated heterocycles. The van der Waals surface area contributed by atoms with Crippen molar-refractivity contribution >= 4 is 0 Å². The fourth-order valence-electron chi connectivity index (χ4n) is 2.95. The van der Waals surface area contributed by atoms with Gasteiger partial charge in [-0.05, 0) is 54.1 Å². The monoisotopic (exact) mass is 422 g/mol. The predicted octanol–water partition coefficient (Wildman–Crippen LogP) is 6.84. The Labute approximate surface area is 188 Å². The lowest BCUT2D eigenvalue weighted by atomic mass is 10.0. The maximum Gasteiger partial charge on any atom is 0.185 e. The fraction of sp³-hybridized carbons (Fsp3) is 0. The molecule has 0 bridgehead atoms. The Balaban J connectivity index is 2.03. The first-order valence-corrected chi connectivity index (χ1v) is 9.70. The Morgan fingerprint density at radius 1 is 0.531 bits per heavy atom. The van der Waals surface area contributed by atoms with E-state index in [4.69, 9.17) is 18.9 Å². The molecule has 0 heterocycles. The molecule has 0 saturated carbocycles. The zero-order valence-corrected chi connectivity index (χ0v) is 17.5. The van der Waals surface area contributed by atoms with E-state index in [1.807, 2.05) is 60.7 Å². The van der Waals surface area contributed by atoms with Crippen LogP contribution >= 0.6 is 0 Å². The average molecular weight is 422 g/mol. The van der Waals surface area contributed by atoms with Gasteiger partial charge in [-0.25, -0.2) is 0 Å². The van der Waals surface area contributed by atoms with Crippen molar-refractivity contribution < 1.29 is 18.9 Å². The van der Waals surface area contributed by atoms with Crippen LogP contribution in [0.25, 0.3) is 11.1 Å². The van der Waals surface area contributed by atoms with E-state index in [0.29, 0.717) is 28.6 Å². The molecule has 0 spiro atoms. The summed E-state index contributed by atoms with van der Waals surface area (Å²) in [5.41, 5.74) is 3.18. The first kappa shape index (κ1) is 22.1. The smallest absolute Gasteiger partial charge is 0.185 e. The van der Waals surface area contributed by atoms with Gasteiger partial charge in [-0.15, -0.1) is 0 Å². The quantitative estimate of drug-likeness (QED) is 0.279. The Morgan fingerprint density at radius 2 is 1.06 bits per heavy atom. The molecule has 3 aromatic carbocycles. The van der Waals surface area contributed by atoms with Crippen LogP contribution in [-0.2, 0) is 0 Å². The van der Waals surface area contributed by atoms with Crippen LogP contribution in [0.3, 0.4) is 0 Å². The van der Waals surface area contributed by atoms with E-state index in [0.717, 1.165) is 16.7 Å². The van der Waals surface area contributed by atoms with E-state index in [-0.39, 0.29) is 0 Å². The van der Waals surface area contributed by atoms with Gasteiger partial charge < -0.3 is 18.9 Å². The summed E-state index contributed by atoms with van der Waals surface area (Å²) in [6, 6.07) is 18.7. The summed E-state index contributed by atoms with van der Waals surface area (Å²) in [5, 5.41) is 0. The third kappa shape index (κ3) is 5.29. The Morgan fingerprint density at radius 3 is 1.62 bits per heavy atom. The Bertz CT molecular complexity index is 1180. The van der Waals surface area contributed by atoms with Gasteiger partial charge in [-0.3, -0.25) is 0 Å². The molecule has 0 N–H and O–H groups in total. The van der Waals surface area contributed by atoms with E-state index in [2.05, 4.69) is 38.2 Å². The molecule has 0 unspecified atom stereocenters. The van der Waals surface area contributed by atoms with Gasteiger partial charge in [-0.1, -0.05) is 50.3 Å².